The predicted octanol–water partition coefficient (Wildman–Crippen LogP) is 3.47. The van der Waals surface area contributed by atoms with E-state index in [1.807, 2.05) is 6.08 Å². The van der Waals surface area contributed by atoms with Gasteiger partial charge in [0.15, 0.2) is 0 Å². The zero-order chi connectivity index (χ0) is 12.2. The van der Waals surface area contributed by atoms with Crippen molar-refractivity contribution >= 4 is 8.07 Å². The van der Waals surface area contributed by atoms with Crippen LogP contribution in [0.3, 0.4) is 0 Å². The summed E-state index contributed by atoms with van der Waals surface area (Å²) in [4.78, 5) is 0. The minimum Gasteiger partial charge on any atom is -0.395 e. The molecule has 0 saturated carbocycles. The van der Waals surface area contributed by atoms with Crippen molar-refractivity contribution in [2.45, 2.75) is 26.1 Å². The Morgan fingerprint density at radius 3 is 2.25 bits per heavy atom. The van der Waals surface area contributed by atoms with Crippen molar-refractivity contribution in [3.05, 3.63) is 48.2 Å². The number of aliphatic hydroxyl groups is 1. The van der Waals surface area contributed by atoms with E-state index >= 15 is 0 Å². The lowest BCUT2D eigenvalue weighted by molar-refractivity contribution is 0.207. The molecule has 0 saturated heterocycles. The number of hydrogen-bond donors (Lipinski definition) is 1. The third kappa shape index (κ3) is 3.61. The molecule has 1 rings (SSSR count). The lowest BCUT2D eigenvalue weighted by Gasteiger charge is -2.26. The van der Waals surface area contributed by atoms with Gasteiger partial charge in [0.2, 0.25) is 0 Å². The summed E-state index contributed by atoms with van der Waals surface area (Å²) >= 11 is 0. The lowest BCUT2D eigenvalue weighted by Crippen LogP contribution is -2.22. The fraction of sp³-hybridized carbons (Fsp3) is 0.429. The van der Waals surface area contributed by atoms with Crippen LogP contribution in [0.15, 0.2) is 48.2 Å². The highest BCUT2D eigenvalue weighted by atomic mass is 28.3. The second-order valence-corrected chi connectivity index (χ2v) is 10.6. The molecule has 1 N–H and O–H groups in total. The van der Waals surface area contributed by atoms with Crippen molar-refractivity contribution in [3.63, 3.8) is 0 Å². The monoisotopic (exact) mass is 234 g/mol. The van der Waals surface area contributed by atoms with Crippen molar-refractivity contribution in [1.29, 1.82) is 0 Å². The van der Waals surface area contributed by atoms with Gasteiger partial charge in [0.25, 0.3) is 0 Å². The molecule has 0 aliphatic heterocycles. The average Bonchev–Trinajstić information content (AvgIpc) is 2.20. The Morgan fingerprint density at radius 2 is 1.88 bits per heavy atom. The molecule has 1 aliphatic rings. The van der Waals surface area contributed by atoms with Gasteiger partial charge in [-0.2, -0.15) is 0 Å². The molecule has 1 nitrogen and oxygen atoms in total. The normalized spacial score (nSPS) is 24.6. The molecule has 0 amide bonds. The third-order valence-corrected chi connectivity index (χ3v) is 3.83. The third-order valence-electron chi connectivity index (χ3n) is 2.63. The summed E-state index contributed by atoms with van der Waals surface area (Å²) in [5, 5.41) is 9.43. The molecule has 0 atom stereocenters. The lowest BCUT2D eigenvalue weighted by atomic mass is 9.81. The van der Waals surface area contributed by atoms with Crippen molar-refractivity contribution < 1.29 is 5.11 Å². The average molecular weight is 234 g/mol. The van der Waals surface area contributed by atoms with E-state index < -0.39 is 8.07 Å². The largest absolute Gasteiger partial charge is 0.395 e. The van der Waals surface area contributed by atoms with Crippen LogP contribution < -0.4 is 0 Å². The molecule has 1 aliphatic carbocycles. The summed E-state index contributed by atoms with van der Waals surface area (Å²) in [5.74, 6) is 0. The maximum atomic E-state index is 9.43. The van der Waals surface area contributed by atoms with E-state index in [1.54, 1.807) is 0 Å². The first-order chi connectivity index (χ1) is 7.41. The summed E-state index contributed by atoms with van der Waals surface area (Å²) in [5.41, 5.74) is 3.42. The summed E-state index contributed by atoms with van der Waals surface area (Å²) in [6, 6.07) is 0. The second kappa shape index (κ2) is 4.98. The molecular weight excluding hydrogens is 212 g/mol. The van der Waals surface area contributed by atoms with Gasteiger partial charge in [-0.05, 0) is 12.0 Å². The van der Waals surface area contributed by atoms with Gasteiger partial charge in [-0.15, -0.1) is 6.58 Å². The molecular formula is C14H22OSi. The number of allylic oxidation sites excluding steroid dienone is 4. The van der Waals surface area contributed by atoms with Crippen LogP contribution in [0.1, 0.15) is 6.42 Å². The smallest absolute Gasteiger partial charge is 0.0694 e. The van der Waals surface area contributed by atoms with Crippen LogP contribution >= 0.6 is 0 Å². The van der Waals surface area contributed by atoms with Gasteiger partial charge in [-0.3, -0.25) is 0 Å². The SMILES string of the molecule is C=CCC1(CO)C=CC(=C[Si](C)(C)C)C=C1. The fourth-order valence-electron chi connectivity index (χ4n) is 1.81. The molecule has 0 radical (unpaired) electrons. The Morgan fingerprint density at radius 1 is 1.31 bits per heavy atom. The zero-order valence-corrected chi connectivity index (χ0v) is 11.5. The van der Waals surface area contributed by atoms with Gasteiger partial charge in [0.1, 0.15) is 0 Å². The Balaban J connectivity index is 2.86. The molecule has 0 heterocycles. The Labute approximate surface area is 99.9 Å². The molecule has 0 aromatic carbocycles. The Bertz CT molecular complexity index is 326. The summed E-state index contributed by atoms with van der Waals surface area (Å²) in [6.45, 7) is 10.8. The molecule has 0 unspecified atom stereocenters. The summed E-state index contributed by atoms with van der Waals surface area (Å²) in [7, 11) is -1.17. The topological polar surface area (TPSA) is 20.2 Å². The van der Waals surface area contributed by atoms with Crippen molar-refractivity contribution in [2.75, 3.05) is 6.61 Å². The van der Waals surface area contributed by atoms with Gasteiger partial charge >= 0.3 is 0 Å². The van der Waals surface area contributed by atoms with E-state index in [9.17, 15) is 5.11 Å². The molecule has 16 heavy (non-hydrogen) atoms. The standard InChI is InChI=1S/C14H22OSi/c1-5-8-14(12-15)9-6-13(7-10-14)11-16(2,3)4/h5-7,9-11,15H,1,8,12H2,2-4H3. The molecule has 0 bridgehead atoms. The van der Waals surface area contributed by atoms with Gasteiger partial charge in [0.05, 0.1) is 14.7 Å². The highest BCUT2D eigenvalue weighted by molar-refractivity contribution is 6.81. The Kier molecular flexibility index (Phi) is 4.11. The van der Waals surface area contributed by atoms with Crippen LogP contribution in [0, 0.1) is 5.41 Å². The van der Waals surface area contributed by atoms with Gasteiger partial charge < -0.3 is 5.11 Å². The molecule has 0 aromatic rings. The van der Waals surface area contributed by atoms with Crippen LogP contribution in [0.25, 0.3) is 0 Å². The van der Waals surface area contributed by atoms with Gasteiger partial charge in [-0.1, -0.05) is 55.7 Å². The first-order valence-electron chi connectivity index (χ1n) is 5.74. The Hall–Kier alpha value is -0.863. The first-order valence-corrected chi connectivity index (χ1v) is 9.32. The number of aliphatic hydroxyl groups excluding tert-OH is 1. The quantitative estimate of drug-likeness (QED) is 0.583. The molecule has 2 heteroatoms. The van der Waals surface area contributed by atoms with Crippen molar-refractivity contribution in [3.8, 4) is 0 Å². The second-order valence-electron chi connectivity index (χ2n) is 5.56. The minimum atomic E-state index is -1.17. The maximum absolute atomic E-state index is 9.43. The van der Waals surface area contributed by atoms with Crippen LogP contribution in [0.2, 0.25) is 19.6 Å². The van der Waals surface area contributed by atoms with Gasteiger partial charge in [0, 0.05) is 5.41 Å². The fourth-order valence-corrected chi connectivity index (χ4v) is 3.00. The minimum absolute atomic E-state index is 0.145. The van der Waals surface area contributed by atoms with E-state index in [0.717, 1.165) is 6.42 Å². The van der Waals surface area contributed by atoms with Crippen molar-refractivity contribution in [2.24, 2.45) is 5.41 Å². The molecule has 0 aromatic heterocycles. The summed E-state index contributed by atoms with van der Waals surface area (Å²) in [6.07, 6.45) is 11.1. The molecule has 0 spiro atoms. The molecule has 0 fully saturated rings. The maximum Gasteiger partial charge on any atom is 0.0694 e. The predicted molar refractivity (Wildman–Crippen MR) is 74.0 cm³/mol. The first kappa shape index (κ1) is 13.2. The molecule has 88 valence electrons. The van der Waals surface area contributed by atoms with Crippen LogP contribution in [0.5, 0.6) is 0 Å². The number of hydrogen-bond acceptors (Lipinski definition) is 1. The van der Waals surface area contributed by atoms with E-state index in [-0.39, 0.29) is 12.0 Å². The van der Waals surface area contributed by atoms with Crippen LogP contribution in [-0.4, -0.2) is 19.8 Å². The van der Waals surface area contributed by atoms with E-state index in [2.05, 4.69) is 56.2 Å². The van der Waals surface area contributed by atoms with E-state index in [0.29, 0.717) is 0 Å². The van der Waals surface area contributed by atoms with Crippen LogP contribution in [0.4, 0.5) is 0 Å². The van der Waals surface area contributed by atoms with E-state index in [4.69, 9.17) is 0 Å². The van der Waals surface area contributed by atoms with Crippen LogP contribution in [-0.2, 0) is 0 Å². The van der Waals surface area contributed by atoms with Gasteiger partial charge in [-0.25, -0.2) is 0 Å². The summed E-state index contributed by atoms with van der Waals surface area (Å²) < 4.78 is 0. The van der Waals surface area contributed by atoms with Crippen molar-refractivity contribution in [1.82, 2.24) is 0 Å². The van der Waals surface area contributed by atoms with E-state index in [1.165, 1.54) is 5.57 Å². The number of rotatable bonds is 4. The highest BCUT2D eigenvalue weighted by Gasteiger charge is 2.23. The highest BCUT2D eigenvalue weighted by Crippen LogP contribution is 2.31. The zero-order valence-electron chi connectivity index (χ0n) is 10.5.